The molecule has 1 aromatic carbocycles. The lowest BCUT2D eigenvalue weighted by Crippen LogP contribution is -2.39. The number of amides is 1. The molecule has 3 aliphatic heterocycles. The van der Waals surface area contributed by atoms with E-state index in [9.17, 15) is 9.18 Å². The summed E-state index contributed by atoms with van der Waals surface area (Å²) in [5.41, 5.74) is 1.99. The first-order valence-electron chi connectivity index (χ1n) is 11.3. The van der Waals surface area contributed by atoms with E-state index in [1.165, 1.54) is 24.4 Å². The number of benzene rings is 1. The second-order valence-corrected chi connectivity index (χ2v) is 9.03. The molecule has 0 aliphatic carbocycles. The van der Waals surface area contributed by atoms with Crippen LogP contribution in [0.5, 0.6) is 5.75 Å². The molecule has 4 rings (SSSR count). The van der Waals surface area contributed by atoms with Gasteiger partial charge < -0.3 is 25.3 Å². The highest BCUT2D eigenvalue weighted by atomic mass is 35.5. The molecule has 33 heavy (non-hydrogen) atoms. The Hall–Kier alpha value is -2.71. The monoisotopic (exact) mass is 473 g/mol. The Kier molecular flexibility index (Phi) is 7.14. The fourth-order valence-corrected chi connectivity index (χ4v) is 4.41. The van der Waals surface area contributed by atoms with Gasteiger partial charge in [0.15, 0.2) is 0 Å². The van der Waals surface area contributed by atoms with E-state index < -0.39 is 5.82 Å². The highest BCUT2D eigenvalue weighted by Gasteiger charge is 2.32. The van der Waals surface area contributed by atoms with E-state index in [1.54, 1.807) is 4.90 Å². The average molecular weight is 474 g/mol. The number of nitrogens with zero attached hydrogens (tertiary/aromatic N) is 3. The van der Waals surface area contributed by atoms with Gasteiger partial charge >= 0.3 is 0 Å². The minimum Gasteiger partial charge on any atom is -0.489 e. The fourth-order valence-electron chi connectivity index (χ4n) is 4.32. The van der Waals surface area contributed by atoms with Crippen LogP contribution in [0.1, 0.15) is 43.5 Å². The maximum Gasteiger partial charge on any atom is 0.258 e. The molecule has 9 heteroatoms. The quantitative estimate of drug-likeness (QED) is 0.679. The van der Waals surface area contributed by atoms with Crippen molar-refractivity contribution in [3.05, 3.63) is 51.7 Å². The summed E-state index contributed by atoms with van der Waals surface area (Å²) in [6.07, 6.45) is 4.27. The van der Waals surface area contributed by atoms with Crippen molar-refractivity contribution >= 4 is 29.4 Å². The van der Waals surface area contributed by atoms with Crippen molar-refractivity contribution in [3.8, 4) is 5.75 Å². The highest BCUT2D eigenvalue weighted by Crippen LogP contribution is 2.28. The summed E-state index contributed by atoms with van der Waals surface area (Å²) in [6, 6.07) is 4.03. The van der Waals surface area contributed by atoms with Crippen LogP contribution in [0.15, 0.2) is 45.3 Å². The third-order valence-corrected chi connectivity index (χ3v) is 6.53. The molecule has 0 radical (unpaired) electrons. The second kappa shape index (κ2) is 10.1. The van der Waals surface area contributed by atoms with E-state index in [4.69, 9.17) is 21.7 Å². The van der Waals surface area contributed by atoms with Crippen LogP contribution in [-0.4, -0.2) is 66.5 Å². The zero-order valence-electron chi connectivity index (χ0n) is 19.0. The molecule has 2 fully saturated rings. The van der Waals surface area contributed by atoms with E-state index in [1.807, 2.05) is 6.92 Å². The van der Waals surface area contributed by atoms with Crippen LogP contribution in [0.2, 0.25) is 0 Å². The minimum atomic E-state index is -0.443. The summed E-state index contributed by atoms with van der Waals surface area (Å²) < 4.78 is 20.2. The third-order valence-electron chi connectivity index (χ3n) is 6.15. The van der Waals surface area contributed by atoms with E-state index in [-0.39, 0.29) is 30.9 Å². The van der Waals surface area contributed by atoms with E-state index >= 15 is 0 Å². The number of hydrogen-bond acceptors (Lipinski definition) is 6. The Morgan fingerprint density at radius 1 is 1.33 bits per heavy atom. The Bertz CT molecular complexity index is 1040. The predicted molar refractivity (Wildman–Crippen MR) is 128 cm³/mol. The lowest BCUT2D eigenvalue weighted by molar-refractivity contribution is 0.0778. The van der Waals surface area contributed by atoms with Crippen molar-refractivity contribution in [2.24, 2.45) is 4.99 Å². The van der Waals surface area contributed by atoms with Gasteiger partial charge in [-0.3, -0.25) is 4.79 Å². The summed E-state index contributed by atoms with van der Waals surface area (Å²) in [7, 11) is 0. The van der Waals surface area contributed by atoms with Crippen LogP contribution < -0.4 is 10.1 Å². The molecule has 0 unspecified atom stereocenters. The van der Waals surface area contributed by atoms with E-state index in [2.05, 4.69) is 22.1 Å². The van der Waals surface area contributed by atoms with Gasteiger partial charge in [0.2, 0.25) is 0 Å². The molecular formula is C24H29ClFN5O2. The first-order valence-corrected chi connectivity index (χ1v) is 11.7. The summed E-state index contributed by atoms with van der Waals surface area (Å²) in [5, 5.41) is 12.0. The van der Waals surface area contributed by atoms with Gasteiger partial charge in [-0.05, 0) is 44.9 Å². The van der Waals surface area contributed by atoms with Gasteiger partial charge in [0.25, 0.3) is 5.91 Å². The number of allylic oxidation sites excluding steroid dienone is 2. The molecule has 0 aromatic heterocycles. The molecule has 1 aromatic rings. The van der Waals surface area contributed by atoms with Crippen molar-refractivity contribution in [2.75, 3.05) is 32.7 Å². The molecule has 7 nitrogen and oxygen atoms in total. The minimum absolute atomic E-state index is 0.0544. The van der Waals surface area contributed by atoms with Gasteiger partial charge in [0, 0.05) is 36.6 Å². The fraction of sp³-hybridized carbons (Fsp3) is 0.458. The average Bonchev–Trinajstić information content (AvgIpc) is 3.18. The van der Waals surface area contributed by atoms with Crippen molar-refractivity contribution in [1.82, 2.24) is 15.1 Å². The molecule has 3 heterocycles. The second-order valence-electron chi connectivity index (χ2n) is 8.62. The molecule has 0 atom stereocenters. The number of rotatable bonds is 5. The lowest BCUT2D eigenvalue weighted by atomic mass is 10.1. The Morgan fingerprint density at radius 3 is 2.79 bits per heavy atom. The topological polar surface area (TPSA) is 81.0 Å². The van der Waals surface area contributed by atoms with Crippen LogP contribution >= 0.6 is 11.6 Å². The molecule has 2 saturated heterocycles. The van der Waals surface area contributed by atoms with Crippen LogP contribution in [0.4, 0.5) is 4.39 Å². The molecule has 1 amide bonds. The van der Waals surface area contributed by atoms with Crippen LogP contribution in [0.3, 0.4) is 0 Å². The highest BCUT2D eigenvalue weighted by molar-refractivity contribution is 6.39. The number of aliphatic imine (C=N–C) groups is 1. The molecular weight excluding hydrogens is 445 g/mol. The molecule has 2 N–H and O–H groups in total. The smallest absolute Gasteiger partial charge is 0.258 e. The van der Waals surface area contributed by atoms with Crippen molar-refractivity contribution < 1.29 is 13.9 Å². The van der Waals surface area contributed by atoms with Gasteiger partial charge in [-0.2, -0.15) is 0 Å². The van der Waals surface area contributed by atoms with Crippen molar-refractivity contribution in [1.29, 1.82) is 5.41 Å². The molecule has 176 valence electrons. The first-order chi connectivity index (χ1) is 15.9. The predicted octanol–water partition coefficient (Wildman–Crippen LogP) is 3.91. The number of nitrogens with one attached hydrogen (secondary N) is 2. The van der Waals surface area contributed by atoms with Gasteiger partial charge in [0.1, 0.15) is 23.5 Å². The Balaban J connectivity index is 1.49. The zero-order valence-corrected chi connectivity index (χ0v) is 19.7. The number of halogens is 2. The maximum absolute atomic E-state index is 14.0. The summed E-state index contributed by atoms with van der Waals surface area (Å²) >= 11 is 6.05. The maximum atomic E-state index is 14.0. The normalized spacial score (nSPS) is 22.2. The van der Waals surface area contributed by atoms with Crippen LogP contribution in [0, 0.1) is 11.2 Å². The first kappa shape index (κ1) is 23.4. The zero-order chi connectivity index (χ0) is 23.5. The van der Waals surface area contributed by atoms with Gasteiger partial charge in [0.05, 0.1) is 29.4 Å². The third kappa shape index (κ3) is 5.28. The summed E-state index contributed by atoms with van der Waals surface area (Å²) in [5.74, 6) is 0.0493. The molecule has 0 saturated carbocycles. The number of carbonyl (C=O) groups is 1. The van der Waals surface area contributed by atoms with Crippen molar-refractivity contribution in [2.45, 2.75) is 39.2 Å². The number of piperidine rings is 1. The number of ether oxygens (including phenoxy) is 1. The summed E-state index contributed by atoms with van der Waals surface area (Å²) in [6.45, 7) is 7.30. The van der Waals surface area contributed by atoms with Crippen LogP contribution in [-0.2, 0) is 0 Å². The Morgan fingerprint density at radius 2 is 2.09 bits per heavy atom. The van der Waals surface area contributed by atoms with E-state index in [0.717, 1.165) is 44.6 Å². The number of likely N-dealkylation sites (tertiary alicyclic amines) is 2. The molecule has 0 bridgehead atoms. The van der Waals surface area contributed by atoms with Crippen molar-refractivity contribution in [3.63, 3.8) is 0 Å². The van der Waals surface area contributed by atoms with Gasteiger partial charge in [-0.25, -0.2) is 9.38 Å². The van der Waals surface area contributed by atoms with E-state index in [0.29, 0.717) is 27.7 Å². The number of hydrogen-bond donors (Lipinski definition) is 2. The largest absolute Gasteiger partial charge is 0.489 e. The molecule has 0 spiro atoms. The molecule has 3 aliphatic rings. The SMILES string of the molecule is CCCN1CCC(Oc2cc(F)ccc2C(=O)N2CC(=N)/C(=C3/N=CC(Cl)=C(C)N3)C2)CC1. The summed E-state index contributed by atoms with van der Waals surface area (Å²) in [4.78, 5) is 21.6. The standard InChI is InChI=1S/C24H29ClFN5O2/c1-3-8-30-9-6-17(7-10-30)33-22-11-16(26)4-5-18(22)24(32)31-13-19(21(27)14-31)23-28-12-20(25)15(2)29-23/h4-5,11-12,17,27,29H,3,6-10,13-14H2,1-2H3/b23-19-,27-21?. The van der Waals surface area contributed by atoms with Crippen LogP contribution in [0.25, 0.3) is 0 Å². The van der Waals surface area contributed by atoms with Gasteiger partial charge in [-0.15, -0.1) is 0 Å². The number of carbonyl (C=O) groups excluding carboxylic acids is 1. The van der Waals surface area contributed by atoms with Gasteiger partial charge in [-0.1, -0.05) is 18.5 Å². The lowest BCUT2D eigenvalue weighted by Gasteiger charge is -2.32. The Labute approximate surface area is 198 Å².